The van der Waals surface area contributed by atoms with E-state index in [1.54, 1.807) is 12.4 Å². The first kappa shape index (κ1) is 12.8. The molecule has 104 valence electrons. The van der Waals surface area contributed by atoms with Gasteiger partial charge in [0.05, 0.1) is 23.5 Å². The molecule has 2 aromatic heterocycles. The van der Waals surface area contributed by atoms with Crippen molar-refractivity contribution in [3.8, 4) is 0 Å². The Bertz CT molecular complexity index is 642. The third-order valence-electron chi connectivity index (χ3n) is 4.04. The van der Waals surface area contributed by atoms with Gasteiger partial charge in [-0.25, -0.2) is 0 Å². The van der Waals surface area contributed by atoms with Gasteiger partial charge in [-0.05, 0) is 38.8 Å². The summed E-state index contributed by atoms with van der Waals surface area (Å²) in [6.07, 6.45) is 4.46. The molecule has 5 heteroatoms. The van der Waals surface area contributed by atoms with E-state index in [0.717, 1.165) is 35.6 Å². The van der Waals surface area contributed by atoms with Crippen LogP contribution in [0.15, 0.2) is 18.5 Å². The number of hydrogen-bond donors (Lipinski definition) is 1. The van der Waals surface area contributed by atoms with Gasteiger partial charge in [-0.15, -0.1) is 0 Å². The molecular weight excluding hydrogens is 252 g/mol. The minimum absolute atomic E-state index is 0.115. The first-order valence-electron chi connectivity index (χ1n) is 6.85. The van der Waals surface area contributed by atoms with E-state index in [1.165, 1.54) is 5.56 Å². The van der Waals surface area contributed by atoms with Gasteiger partial charge in [0.1, 0.15) is 0 Å². The Morgan fingerprint density at radius 3 is 2.95 bits per heavy atom. The summed E-state index contributed by atoms with van der Waals surface area (Å²) in [6, 6.07) is 1.99. The number of aromatic nitrogens is 3. The summed E-state index contributed by atoms with van der Waals surface area (Å²) in [5, 5.41) is 7.13. The molecule has 5 nitrogen and oxygen atoms in total. The van der Waals surface area contributed by atoms with Gasteiger partial charge < -0.3 is 4.90 Å². The van der Waals surface area contributed by atoms with E-state index in [9.17, 15) is 4.79 Å². The van der Waals surface area contributed by atoms with E-state index in [0.29, 0.717) is 0 Å². The lowest BCUT2D eigenvalue weighted by molar-refractivity contribution is -0.119. The summed E-state index contributed by atoms with van der Waals surface area (Å²) in [7, 11) is 0. The standard InChI is InChI=1S/C15H18N4O/c1-9(14-10(2)17-18-11(14)3)15(20)19-7-5-12-4-6-16-8-13(12)19/h4,6,8-9H,5,7H2,1-3H3,(H,17,18). The van der Waals surface area contributed by atoms with Crippen LogP contribution in [0.2, 0.25) is 0 Å². The van der Waals surface area contributed by atoms with Crippen LogP contribution in [0.4, 0.5) is 5.69 Å². The van der Waals surface area contributed by atoms with Crippen LogP contribution in [-0.2, 0) is 11.2 Å². The molecule has 0 bridgehead atoms. The van der Waals surface area contributed by atoms with E-state index < -0.39 is 0 Å². The van der Waals surface area contributed by atoms with Crippen molar-refractivity contribution in [2.45, 2.75) is 33.1 Å². The Morgan fingerprint density at radius 2 is 2.25 bits per heavy atom. The summed E-state index contributed by atoms with van der Waals surface area (Å²) in [5.41, 5.74) is 5.01. The normalized spacial score (nSPS) is 15.2. The molecule has 1 amide bonds. The van der Waals surface area contributed by atoms with Gasteiger partial charge in [0, 0.05) is 24.0 Å². The molecule has 1 unspecified atom stereocenters. The average molecular weight is 270 g/mol. The quantitative estimate of drug-likeness (QED) is 0.909. The maximum absolute atomic E-state index is 12.8. The number of carbonyl (C=O) groups excluding carboxylic acids is 1. The van der Waals surface area contributed by atoms with Crippen LogP contribution < -0.4 is 4.90 Å². The number of nitrogens with zero attached hydrogens (tertiary/aromatic N) is 3. The number of amides is 1. The smallest absolute Gasteiger partial charge is 0.234 e. The number of fused-ring (bicyclic) bond motifs is 1. The Balaban J connectivity index is 1.91. The summed E-state index contributed by atoms with van der Waals surface area (Å²) in [4.78, 5) is 18.7. The monoisotopic (exact) mass is 270 g/mol. The Labute approximate surface area is 118 Å². The number of rotatable bonds is 2. The summed E-state index contributed by atoms with van der Waals surface area (Å²) < 4.78 is 0. The highest BCUT2D eigenvalue weighted by Crippen LogP contribution is 2.31. The van der Waals surface area contributed by atoms with Crippen molar-refractivity contribution in [2.24, 2.45) is 0 Å². The number of aromatic amines is 1. The Hall–Kier alpha value is -2.17. The molecule has 3 rings (SSSR count). The molecule has 0 saturated carbocycles. The second-order valence-electron chi connectivity index (χ2n) is 5.31. The molecular formula is C15H18N4O. The number of carbonyl (C=O) groups is 1. The third kappa shape index (κ3) is 1.90. The van der Waals surface area contributed by atoms with Crippen molar-refractivity contribution in [2.75, 3.05) is 11.4 Å². The van der Waals surface area contributed by atoms with Crippen LogP contribution in [0.3, 0.4) is 0 Å². The second kappa shape index (κ2) is 4.74. The molecule has 0 saturated heterocycles. The van der Waals surface area contributed by atoms with E-state index in [-0.39, 0.29) is 11.8 Å². The van der Waals surface area contributed by atoms with Gasteiger partial charge in [0.25, 0.3) is 0 Å². The minimum Gasteiger partial charge on any atom is -0.310 e. The lowest BCUT2D eigenvalue weighted by Gasteiger charge is -2.21. The third-order valence-corrected chi connectivity index (χ3v) is 4.04. The fourth-order valence-corrected chi connectivity index (χ4v) is 3.01. The molecule has 20 heavy (non-hydrogen) atoms. The number of nitrogens with one attached hydrogen (secondary N) is 1. The highest BCUT2D eigenvalue weighted by Gasteiger charge is 2.30. The molecule has 0 fully saturated rings. The van der Waals surface area contributed by atoms with Crippen molar-refractivity contribution < 1.29 is 4.79 Å². The number of hydrogen-bond acceptors (Lipinski definition) is 3. The van der Waals surface area contributed by atoms with Gasteiger partial charge in [0.2, 0.25) is 5.91 Å². The number of anilines is 1. The summed E-state index contributed by atoms with van der Waals surface area (Å²) in [5.74, 6) is -0.0794. The van der Waals surface area contributed by atoms with Crippen molar-refractivity contribution >= 4 is 11.6 Å². The lowest BCUT2D eigenvalue weighted by atomic mass is 9.98. The van der Waals surface area contributed by atoms with Crippen LogP contribution in [0, 0.1) is 13.8 Å². The maximum atomic E-state index is 12.8. The van der Waals surface area contributed by atoms with Crippen LogP contribution >= 0.6 is 0 Å². The molecule has 1 atom stereocenters. The predicted molar refractivity (Wildman–Crippen MR) is 76.8 cm³/mol. The van der Waals surface area contributed by atoms with E-state index >= 15 is 0 Å². The highest BCUT2D eigenvalue weighted by atomic mass is 16.2. The average Bonchev–Trinajstić information content (AvgIpc) is 3.01. The van der Waals surface area contributed by atoms with Crippen molar-refractivity contribution in [3.63, 3.8) is 0 Å². The van der Waals surface area contributed by atoms with Gasteiger partial charge >= 0.3 is 0 Å². The van der Waals surface area contributed by atoms with E-state index in [2.05, 4.69) is 15.2 Å². The molecule has 0 spiro atoms. The van der Waals surface area contributed by atoms with E-state index in [4.69, 9.17) is 0 Å². The van der Waals surface area contributed by atoms with Gasteiger partial charge in [-0.2, -0.15) is 5.10 Å². The highest BCUT2D eigenvalue weighted by molar-refractivity contribution is 5.99. The van der Waals surface area contributed by atoms with Crippen LogP contribution in [0.1, 0.15) is 35.4 Å². The zero-order valence-corrected chi connectivity index (χ0v) is 12.0. The lowest BCUT2D eigenvalue weighted by Crippen LogP contribution is -2.33. The van der Waals surface area contributed by atoms with Gasteiger partial charge in [0.15, 0.2) is 0 Å². The van der Waals surface area contributed by atoms with Crippen LogP contribution in [-0.4, -0.2) is 27.6 Å². The topological polar surface area (TPSA) is 61.9 Å². The fourth-order valence-electron chi connectivity index (χ4n) is 3.01. The number of pyridine rings is 1. The molecule has 0 radical (unpaired) electrons. The second-order valence-corrected chi connectivity index (χ2v) is 5.31. The number of H-pyrrole nitrogens is 1. The van der Waals surface area contributed by atoms with Gasteiger partial charge in [-0.1, -0.05) is 0 Å². The summed E-state index contributed by atoms with van der Waals surface area (Å²) in [6.45, 7) is 6.57. The number of aryl methyl sites for hydroxylation is 2. The zero-order valence-electron chi connectivity index (χ0n) is 12.0. The molecule has 0 aliphatic carbocycles. The molecule has 0 aromatic carbocycles. The fraction of sp³-hybridized carbons (Fsp3) is 0.400. The van der Waals surface area contributed by atoms with Crippen molar-refractivity contribution in [3.05, 3.63) is 41.0 Å². The molecule has 3 heterocycles. The van der Waals surface area contributed by atoms with E-state index in [1.807, 2.05) is 31.7 Å². The summed E-state index contributed by atoms with van der Waals surface area (Å²) >= 11 is 0. The Morgan fingerprint density at radius 1 is 1.45 bits per heavy atom. The SMILES string of the molecule is Cc1n[nH]c(C)c1C(C)C(=O)N1CCc2ccncc21. The molecule has 1 aliphatic rings. The van der Waals surface area contributed by atoms with Crippen molar-refractivity contribution in [1.82, 2.24) is 15.2 Å². The van der Waals surface area contributed by atoms with Crippen LogP contribution in [0.5, 0.6) is 0 Å². The Kier molecular flexibility index (Phi) is 3.04. The van der Waals surface area contributed by atoms with Gasteiger partial charge in [-0.3, -0.25) is 14.9 Å². The largest absolute Gasteiger partial charge is 0.310 e. The first-order chi connectivity index (χ1) is 9.59. The first-order valence-corrected chi connectivity index (χ1v) is 6.85. The predicted octanol–water partition coefficient (Wildman–Crippen LogP) is 2.11. The molecule has 1 aliphatic heterocycles. The zero-order chi connectivity index (χ0) is 14.3. The minimum atomic E-state index is -0.195. The molecule has 1 N–H and O–H groups in total. The molecule has 2 aromatic rings. The van der Waals surface area contributed by atoms with Crippen LogP contribution in [0.25, 0.3) is 0 Å². The van der Waals surface area contributed by atoms with Crippen molar-refractivity contribution in [1.29, 1.82) is 0 Å². The maximum Gasteiger partial charge on any atom is 0.234 e.